The molecule has 0 aromatic heterocycles. The molecule has 2 fully saturated rings. The molecule has 1 aliphatic carbocycles. The van der Waals surface area contributed by atoms with Crippen LogP contribution >= 0.6 is 0 Å². The van der Waals surface area contributed by atoms with Crippen molar-refractivity contribution < 1.29 is 19.1 Å². The normalized spacial score (nSPS) is 19.8. The van der Waals surface area contributed by atoms with E-state index in [1.165, 1.54) is 19.3 Å². The predicted molar refractivity (Wildman–Crippen MR) is 111 cm³/mol. The van der Waals surface area contributed by atoms with E-state index in [1.807, 2.05) is 18.2 Å². The van der Waals surface area contributed by atoms with E-state index in [2.05, 4.69) is 10.6 Å². The predicted octanol–water partition coefficient (Wildman–Crippen LogP) is 2.25. The Labute approximate surface area is 172 Å². The van der Waals surface area contributed by atoms with Crippen molar-refractivity contribution in [1.29, 1.82) is 0 Å². The van der Waals surface area contributed by atoms with Crippen molar-refractivity contribution in [2.45, 2.75) is 44.9 Å². The number of hydrogen-bond acceptors (Lipinski definition) is 4. The molecular weight excluding hydrogens is 370 g/mol. The van der Waals surface area contributed by atoms with Crippen LogP contribution in [0.3, 0.4) is 0 Å². The lowest BCUT2D eigenvalue weighted by atomic mass is 9.87. The van der Waals surface area contributed by atoms with Crippen molar-refractivity contribution in [3.63, 3.8) is 0 Å². The zero-order valence-corrected chi connectivity index (χ0v) is 17.1. The summed E-state index contributed by atoms with van der Waals surface area (Å²) in [6.07, 6.45) is 6.79. The van der Waals surface area contributed by atoms with Crippen LogP contribution in [0.15, 0.2) is 24.3 Å². The first-order valence-corrected chi connectivity index (χ1v) is 10.6. The van der Waals surface area contributed by atoms with E-state index in [-0.39, 0.29) is 30.1 Å². The molecule has 0 unspecified atom stereocenters. The number of hydrogen-bond donors (Lipinski definition) is 2. The number of nitrogens with one attached hydrogen (secondary N) is 2. The highest BCUT2D eigenvalue weighted by Crippen LogP contribution is 2.28. The van der Waals surface area contributed by atoms with Crippen LogP contribution in [0.25, 0.3) is 0 Å². The summed E-state index contributed by atoms with van der Waals surface area (Å²) in [5.74, 6) is 0.639. The van der Waals surface area contributed by atoms with Crippen LogP contribution in [0.2, 0.25) is 0 Å². The molecule has 2 aliphatic rings. The van der Waals surface area contributed by atoms with E-state index in [0.717, 1.165) is 18.5 Å². The summed E-state index contributed by atoms with van der Waals surface area (Å²) < 4.78 is 5.20. The fraction of sp³-hybridized carbons (Fsp3) is 0.591. The molecule has 0 spiro atoms. The number of methoxy groups -OCH3 is 1. The first-order valence-electron chi connectivity index (χ1n) is 10.6. The van der Waals surface area contributed by atoms with Crippen molar-refractivity contribution in [1.82, 2.24) is 10.6 Å². The zero-order chi connectivity index (χ0) is 20.6. The smallest absolute Gasteiger partial charge is 0.227 e. The van der Waals surface area contributed by atoms with Crippen molar-refractivity contribution in [2.75, 3.05) is 31.6 Å². The van der Waals surface area contributed by atoms with Gasteiger partial charge in [-0.15, -0.1) is 0 Å². The van der Waals surface area contributed by atoms with Gasteiger partial charge in [-0.05, 0) is 30.9 Å². The van der Waals surface area contributed by atoms with Gasteiger partial charge in [0.1, 0.15) is 5.75 Å². The minimum absolute atomic E-state index is 0.0615. The molecule has 0 radical (unpaired) electrons. The highest BCUT2D eigenvalue weighted by atomic mass is 16.5. The van der Waals surface area contributed by atoms with Gasteiger partial charge in [-0.2, -0.15) is 0 Å². The Balaban J connectivity index is 1.38. The molecule has 3 amide bonds. The molecule has 1 aromatic rings. The molecule has 1 aliphatic heterocycles. The summed E-state index contributed by atoms with van der Waals surface area (Å²) in [5.41, 5.74) is 0.736. The molecular formula is C22H31N3O4. The summed E-state index contributed by atoms with van der Waals surface area (Å²) in [4.78, 5) is 38.4. The number of nitrogens with zero attached hydrogens (tertiary/aromatic N) is 1. The third-order valence-electron chi connectivity index (χ3n) is 5.81. The van der Waals surface area contributed by atoms with Crippen LogP contribution in [0, 0.1) is 11.8 Å². The first kappa shape index (κ1) is 21.1. The van der Waals surface area contributed by atoms with E-state index in [1.54, 1.807) is 18.1 Å². The lowest BCUT2D eigenvalue weighted by molar-refractivity contribution is -0.126. The van der Waals surface area contributed by atoms with Gasteiger partial charge in [0.25, 0.3) is 0 Å². The molecule has 7 nitrogen and oxygen atoms in total. The Kier molecular flexibility index (Phi) is 7.49. The Morgan fingerprint density at radius 1 is 1.14 bits per heavy atom. The molecule has 158 valence electrons. The molecule has 7 heteroatoms. The fourth-order valence-electron chi connectivity index (χ4n) is 4.17. The van der Waals surface area contributed by atoms with Gasteiger partial charge >= 0.3 is 0 Å². The van der Waals surface area contributed by atoms with Crippen molar-refractivity contribution >= 4 is 23.4 Å². The average Bonchev–Trinajstić information content (AvgIpc) is 3.13. The van der Waals surface area contributed by atoms with Gasteiger partial charge in [0.15, 0.2) is 0 Å². The maximum Gasteiger partial charge on any atom is 0.227 e. The number of benzene rings is 1. The van der Waals surface area contributed by atoms with E-state index < -0.39 is 0 Å². The number of ether oxygens (including phenoxy) is 1. The van der Waals surface area contributed by atoms with Crippen LogP contribution in [0.4, 0.5) is 5.69 Å². The lowest BCUT2D eigenvalue weighted by Crippen LogP contribution is -2.38. The molecule has 2 N–H and O–H groups in total. The highest BCUT2D eigenvalue weighted by molar-refractivity contribution is 6.00. The summed E-state index contributed by atoms with van der Waals surface area (Å²) in [6, 6.07) is 7.27. The Hall–Kier alpha value is -2.57. The largest absolute Gasteiger partial charge is 0.497 e. The van der Waals surface area contributed by atoms with Gasteiger partial charge < -0.3 is 20.3 Å². The van der Waals surface area contributed by atoms with Crippen molar-refractivity contribution in [2.24, 2.45) is 11.8 Å². The van der Waals surface area contributed by atoms with Gasteiger partial charge in [0.2, 0.25) is 17.7 Å². The van der Waals surface area contributed by atoms with E-state index in [4.69, 9.17) is 4.74 Å². The number of carbonyl (C=O) groups is 3. The van der Waals surface area contributed by atoms with Crippen LogP contribution in [0.5, 0.6) is 5.75 Å². The fourth-order valence-corrected chi connectivity index (χ4v) is 4.17. The van der Waals surface area contributed by atoms with E-state index in [0.29, 0.717) is 37.7 Å². The van der Waals surface area contributed by atoms with Crippen LogP contribution in [-0.2, 0) is 14.4 Å². The molecule has 1 heterocycles. The van der Waals surface area contributed by atoms with E-state index >= 15 is 0 Å². The van der Waals surface area contributed by atoms with E-state index in [9.17, 15) is 14.4 Å². The number of anilines is 1. The molecule has 29 heavy (non-hydrogen) atoms. The Morgan fingerprint density at radius 2 is 1.90 bits per heavy atom. The maximum absolute atomic E-state index is 12.4. The average molecular weight is 402 g/mol. The van der Waals surface area contributed by atoms with Crippen molar-refractivity contribution in [3.05, 3.63) is 24.3 Å². The van der Waals surface area contributed by atoms with Crippen molar-refractivity contribution in [3.8, 4) is 5.75 Å². The maximum atomic E-state index is 12.4. The molecule has 0 bridgehead atoms. The summed E-state index contributed by atoms with van der Waals surface area (Å²) in [7, 11) is 1.58. The second-order valence-electron chi connectivity index (χ2n) is 7.96. The topological polar surface area (TPSA) is 87.7 Å². The summed E-state index contributed by atoms with van der Waals surface area (Å²) in [6.45, 7) is 1.14. The lowest BCUT2D eigenvalue weighted by Gasteiger charge is -2.20. The standard InChI is InChI=1S/C22H31N3O4/c1-29-19-9-5-8-18(14-19)25-15-17(13-21(25)27)22(28)24-11-10-23-20(26)12-16-6-3-2-4-7-16/h5,8-9,14,16-17H,2-4,6-7,10-13,15H2,1H3,(H,23,26)(H,24,28)/t17-/m0/s1. The quantitative estimate of drug-likeness (QED) is 0.654. The number of amides is 3. The number of carbonyl (C=O) groups excluding carboxylic acids is 3. The minimum Gasteiger partial charge on any atom is -0.497 e. The summed E-state index contributed by atoms with van der Waals surface area (Å²) in [5, 5.41) is 5.73. The second kappa shape index (κ2) is 10.3. The molecule has 1 aromatic carbocycles. The van der Waals surface area contributed by atoms with Gasteiger partial charge in [0, 0.05) is 44.2 Å². The Morgan fingerprint density at radius 3 is 2.66 bits per heavy atom. The van der Waals surface area contributed by atoms with Crippen LogP contribution in [-0.4, -0.2) is 44.5 Å². The molecule has 1 saturated heterocycles. The third kappa shape index (κ3) is 5.95. The number of rotatable bonds is 8. The third-order valence-corrected chi connectivity index (χ3v) is 5.81. The van der Waals surface area contributed by atoms with Gasteiger partial charge in [0.05, 0.1) is 13.0 Å². The second-order valence-corrected chi connectivity index (χ2v) is 7.96. The Bertz CT molecular complexity index is 731. The minimum atomic E-state index is -0.383. The van der Waals surface area contributed by atoms with Gasteiger partial charge in [-0.1, -0.05) is 25.3 Å². The molecule has 3 rings (SSSR count). The first-order chi connectivity index (χ1) is 14.1. The monoisotopic (exact) mass is 401 g/mol. The van der Waals surface area contributed by atoms with Crippen LogP contribution in [0.1, 0.15) is 44.9 Å². The van der Waals surface area contributed by atoms with Gasteiger partial charge in [-0.25, -0.2) is 0 Å². The molecule has 1 saturated carbocycles. The van der Waals surface area contributed by atoms with Crippen LogP contribution < -0.4 is 20.3 Å². The summed E-state index contributed by atoms with van der Waals surface area (Å²) >= 11 is 0. The highest BCUT2D eigenvalue weighted by Gasteiger charge is 2.35. The van der Waals surface area contributed by atoms with Gasteiger partial charge in [-0.3, -0.25) is 14.4 Å². The molecule has 1 atom stereocenters. The SMILES string of the molecule is COc1cccc(N2C[C@@H](C(=O)NCCNC(=O)CC3CCCCC3)CC2=O)c1. The zero-order valence-electron chi connectivity index (χ0n) is 17.1.